The molecule has 13 heteroatoms. The highest BCUT2D eigenvalue weighted by molar-refractivity contribution is 7.89. The number of nitro benzene ring substituents is 1. The number of hydrogen-bond donors (Lipinski definition) is 3. The first kappa shape index (κ1) is 26.9. The molecule has 1 aromatic carbocycles. The summed E-state index contributed by atoms with van der Waals surface area (Å²) in [5.41, 5.74) is 3.04. The summed E-state index contributed by atoms with van der Waals surface area (Å²) in [7, 11) is -4.48. The molecule has 0 aliphatic heterocycles. The molecule has 0 radical (unpaired) electrons. The summed E-state index contributed by atoms with van der Waals surface area (Å²) < 4.78 is 69.5. The second-order valence-electron chi connectivity index (χ2n) is 11.9. The lowest BCUT2D eigenvalue weighted by atomic mass is 9.47. The van der Waals surface area contributed by atoms with E-state index in [1.165, 1.54) is 0 Å². The first-order chi connectivity index (χ1) is 17.5. The van der Waals surface area contributed by atoms with Crippen molar-refractivity contribution in [3.8, 4) is 0 Å². The molecule has 0 saturated heterocycles. The lowest BCUT2D eigenvalue weighted by molar-refractivity contribution is -0.388. The Morgan fingerprint density at radius 1 is 1.13 bits per heavy atom. The number of amides is 1. The maximum absolute atomic E-state index is 13.5. The van der Waals surface area contributed by atoms with Crippen LogP contribution in [0.4, 0.5) is 18.9 Å². The maximum atomic E-state index is 13.5. The van der Waals surface area contributed by atoms with Gasteiger partial charge in [0, 0.05) is 23.2 Å². The zero-order chi connectivity index (χ0) is 27.8. The van der Waals surface area contributed by atoms with Crippen LogP contribution in [0.25, 0.3) is 0 Å². The SMILES string of the molecule is CC(C)(NS(=O)(=O)c1ccc([N+](=O)[O-])c(C(F)(F)F)c1)C(NC1C2CC3CC1CC(C(N)=O)(C3)C2)=C1CC1. The molecule has 2 unspecified atom stereocenters. The van der Waals surface area contributed by atoms with Crippen LogP contribution in [0.1, 0.15) is 64.4 Å². The molecule has 0 aromatic heterocycles. The highest BCUT2D eigenvalue weighted by Crippen LogP contribution is 2.60. The molecule has 9 nitrogen and oxygen atoms in total. The monoisotopic (exact) mass is 556 g/mol. The Labute approximate surface area is 218 Å². The molecule has 6 rings (SSSR count). The van der Waals surface area contributed by atoms with Crippen molar-refractivity contribution in [3.63, 3.8) is 0 Å². The normalized spacial score (nSPS) is 30.3. The Bertz CT molecular complexity index is 1320. The molecular weight excluding hydrogens is 525 g/mol. The van der Waals surface area contributed by atoms with Crippen molar-refractivity contribution in [2.45, 2.75) is 81.4 Å². The standard InChI is InChI=1S/C25H31F3N4O5S/c1-23(2,31-38(36,37)17-5-6-19(32(34)35)18(9-17)25(26,27)28)21(14-3-4-14)30-20-15-7-13-8-16(20)12-24(10-13,11-15)22(29)33/h5-6,9,13,15-16,20,30-31H,3-4,7-8,10-12H2,1-2H3,(H2,29,33). The number of carbonyl (C=O) groups is 1. The Morgan fingerprint density at radius 3 is 2.24 bits per heavy atom. The smallest absolute Gasteiger partial charge is 0.384 e. The van der Waals surface area contributed by atoms with Gasteiger partial charge in [-0.1, -0.05) is 0 Å². The number of nitrogens with one attached hydrogen (secondary N) is 2. The number of carbonyl (C=O) groups excluding carboxylic acids is 1. The van der Waals surface area contributed by atoms with Crippen LogP contribution in [0.3, 0.4) is 0 Å². The van der Waals surface area contributed by atoms with E-state index in [1.54, 1.807) is 13.8 Å². The number of sulfonamides is 1. The second kappa shape index (κ2) is 8.67. The third-order valence-electron chi connectivity index (χ3n) is 8.76. The molecule has 38 heavy (non-hydrogen) atoms. The predicted molar refractivity (Wildman–Crippen MR) is 131 cm³/mol. The van der Waals surface area contributed by atoms with Gasteiger partial charge in [-0.3, -0.25) is 14.9 Å². The van der Waals surface area contributed by atoms with Crippen molar-refractivity contribution in [2.75, 3.05) is 0 Å². The Morgan fingerprint density at radius 2 is 1.74 bits per heavy atom. The molecule has 4 N–H and O–H groups in total. The summed E-state index contributed by atoms with van der Waals surface area (Å²) in [5.74, 6) is 0.649. The van der Waals surface area contributed by atoms with Crippen LogP contribution in [0.15, 0.2) is 34.4 Å². The van der Waals surface area contributed by atoms with E-state index in [-0.39, 0.29) is 23.8 Å². The maximum Gasteiger partial charge on any atom is 0.423 e. The minimum Gasteiger partial charge on any atom is -0.384 e. The minimum atomic E-state index is -5.10. The van der Waals surface area contributed by atoms with Crippen molar-refractivity contribution in [1.82, 2.24) is 10.0 Å². The van der Waals surface area contributed by atoms with Crippen LogP contribution < -0.4 is 15.8 Å². The molecule has 5 aliphatic rings. The average molecular weight is 557 g/mol. The highest BCUT2D eigenvalue weighted by Gasteiger charge is 2.58. The van der Waals surface area contributed by atoms with Crippen LogP contribution >= 0.6 is 0 Å². The average Bonchev–Trinajstić information content (AvgIpc) is 3.61. The summed E-state index contributed by atoms with van der Waals surface area (Å²) in [6.07, 6.45) is 0.625. The van der Waals surface area contributed by atoms with Gasteiger partial charge in [-0.05, 0) is 94.3 Å². The van der Waals surface area contributed by atoms with Gasteiger partial charge < -0.3 is 11.1 Å². The quantitative estimate of drug-likeness (QED) is 0.326. The van der Waals surface area contributed by atoms with Gasteiger partial charge in [-0.25, -0.2) is 8.42 Å². The van der Waals surface area contributed by atoms with Gasteiger partial charge in [0.15, 0.2) is 0 Å². The number of halogens is 3. The minimum absolute atomic E-state index is 0.0436. The van der Waals surface area contributed by atoms with Crippen molar-refractivity contribution < 1.29 is 31.3 Å². The molecule has 5 fully saturated rings. The summed E-state index contributed by atoms with van der Waals surface area (Å²) in [4.78, 5) is 21.5. The van der Waals surface area contributed by atoms with Crippen molar-refractivity contribution in [3.05, 3.63) is 45.1 Å². The van der Waals surface area contributed by atoms with E-state index >= 15 is 0 Å². The van der Waals surface area contributed by atoms with Crippen LogP contribution in [0.2, 0.25) is 0 Å². The Balaban J connectivity index is 1.40. The van der Waals surface area contributed by atoms with Crippen molar-refractivity contribution in [2.24, 2.45) is 28.9 Å². The molecule has 4 bridgehead atoms. The number of allylic oxidation sites excluding steroid dienone is 1. The third-order valence-corrected chi connectivity index (χ3v) is 10.4. The fourth-order valence-electron chi connectivity index (χ4n) is 7.28. The molecule has 2 atom stereocenters. The van der Waals surface area contributed by atoms with Gasteiger partial charge in [0.1, 0.15) is 5.56 Å². The number of primary amides is 1. The summed E-state index contributed by atoms with van der Waals surface area (Å²) in [6, 6.07) is 1.72. The second-order valence-corrected chi connectivity index (χ2v) is 13.6. The fourth-order valence-corrected chi connectivity index (χ4v) is 8.69. The fraction of sp³-hybridized carbons (Fsp3) is 0.640. The molecule has 5 aliphatic carbocycles. The number of rotatable bonds is 8. The van der Waals surface area contributed by atoms with Gasteiger partial charge in [-0.15, -0.1) is 0 Å². The zero-order valence-corrected chi connectivity index (χ0v) is 21.9. The molecule has 1 aromatic rings. The van der Waals surface area contributed by atoms with Crippen LogP contribution in [0, 0.1) is 33.3 Å². The summed E-state index contributed by atoms with van der Waals surface area (Å²) in [5, 5.41) is 14.7. The van der Waals surface area contributed by atoms with E-state index in [9.17, 15) is 36.5 Å². The van der Waals surface area contributed by atoms with Crippen molar-refractivity contribution in [1.29, 1.82) is 0 Å². The van der Waals surface area contributed by atoms with E-state index < -0.39 is 48.2 Å². The first-order valence-electron chi connectivity index (χ1n) is 12.7. The number of nitrogens with two attached hydrogens (primary N) is 1. The van der Waals surface area contributed by atoms with Gasteiger partial charge in [-0.2, -0.15) is 17.9 Å². The summed E-state index contributed by atoms with van der Waals surface area (Å²) in [6.45, 7) is 3.30. The highest BCUT2D eigenvalue weighted by atomic mass is 32.2. The number of nitro groups is 1. The van der Waals surface area contributed by atoms with E-state index in [4.69, 9.17) is 5.73 Å². The lowest BCUT2D eigenvalue weighted by Gasteiger charge is -2.59. The van der Waals surface area contributed by atoms with Crippen LogP contribution in [-0.2, 0) is 21.0 Å². The first-order valence-corrected chi connectivity index (χ1v) is 14.2. The largest absolute Gasteiger partial charge is 0.423 e. The van der Waals surface area contributed by atoms with Crippen LogP contribution in [0.5, 0.6) is 0 Å². The zero-order valence-electron chi connectivity index (χ0n) is 21.1. The van der Waals surface area contributed by atoms with E-state index in [0.717, 1.165) is 43.7 Å². The van der Waals surface area contributed by atoms with Crippen LogP contribution in [-0.4, -0.2) is 30.8 Å². The van der Waals surface area contributed by atoms with Gasteiger partial charge in [0.25, 0.3) is 5.69 Å². The van der Waals surface area contributed by atoms with E-state index in [1.807, 2.05) is 0 Å². The predicted octanol–water partition coefficient (Wildman–Crippen LogP) is 3.99. The van der Waals surface area contributed by atoms with Gasteiger partial charge in [0.2, 0.25) is 15.9 Å². The van der Waals surface area contributed by atoms with Crippen molar-refractivity contribution >= 4 is 21.6 Å². The molecular formula is C25H31F3N4O5S. The molecule has 1 amide bonds. The van der Waals surface area contributed by atoms with E-state index in [0.29, 0.717) is 36.6 Å². The third kappa shape index (κ3) is 4.67. The molecule has 0 spiro atoms. The number of nitrogens with zero attached hydrogens (tertiary/aromatic N) is 1. The Kier molecular flexibility index (Phi) is 6.14. The number of benzene rings is 1. The molecule has 0 heterocycles. The molecule has 208 valence electrons. The van der Waals surface area contributed by atoms with E-state index in [2.05, 4.69) is 10.0 Å². The lowest BCUT2D eigenvalue weighted by Crippen LogP contribution is -2.62. The Hall–Kier alpha value is -2.67. The van der Waals surface area contributed by atoms with Gasteiger partial charge >= 0.3 is 6.18 Å². The van der Waals surface area contributed by atoms with Gasteiger partial charge in [0.05, 0.1) is 15.4 Å². The topological polar surface area (TPSA) is 144 Å². The number of alkyl halides is 3. The number of hydrogen-bond acceptors (Lipinski definition) is 6. The summed E-state index contributed by atoms with van der Waals surface area (Å²) >= 11 is 0. The molecule has 5 saturated carbocycles.